The Morgan fingerprint density at radius 3 is 2.63 bits per heavy atom. The molecular weight excluding hydrogens is 403 g/mol. The molecule has 0 saturated carbocycles. The van der Waals surface area contributed by atoms with E-state index in [4.69, 9.17) is 0 Å². The molecule has 0 aliphatic carbocycles. The predicted molar refractivity (Wildman–Crippen MR) is 98.9 cm³/mol. The lowest BCUT2D eigenvalue weighted by atomic mass is 10.2. The molecule has 0 unspecified atom stereocenters. The first-order valence-electron chi connectivity index (χ1n) is 8.64. The van der Waals surface area contributed by atoms with Crippen LogP contribution in [0.1, 0.15) is 21.9 Å². The van der Waals surface area contributed by atoms with Crippen LogP contribution in [0.5, 0.6) is 0 Å². The number of H-pyrrole nitrogens is 2. The number of imidazole rings is 1. The SMILES string of the molecule is CN(Cc1nc2ccccc2[nH]1)C(=O)c1cnn(-c2ccc(=O)[nH]n2)c1C(F)(F)F. The van der Waals surface area contributed by atoms with Crippen molar-refractivity contribution >= 4 is 16.9 Å². The van der Waals surface area contributed by atoms with Crippen LogP contribution < -0.4 is 5.56 Å². The predicted octanol–water partition coefficient (Wildman–Crippen LogP) is 2.12. The van der Waals surface area contributed by atoms with Crippen LogP contribution in [-0.2, 0) is 12.7 Å². The number of nitrogens with zero attached hydrogens (tertiary/aromatic N) is 5. The summed E-state index contributed by atoms with van der Waals surface area (Å²) in [6.45, 7) is -0.0348. The molecule has 30 heavy (non-hydrogen) atoms. The van der Waals surface area contributed by atoms with Crippen molar-refractivity contribution in [1.82, 2.24) is 34.8 Å². The van der Waals surface area contributed by atoms with Crippen LogP contribution in [0.4, 0.5) is 13.2 Å². The molecule has 12 heteroatoms. The van der Waals surface area contributed by atoms with Gasteiger partial charge in [0.25, 0.3) is 11.5 Å². The molecule has 1 amide bonds. The van der Waals surface area contributed by atoms with Crippen LogP contribution in [0.3, 0.4) is 0 Å². The smallest absolute Gasteiger partial charge is 0.340 e. The van der Waals surface area contributed by atoms with Gasteiger partial charge in [-0.15, -0.1) is 0 Å². The van der Waals surface area contributed by atoms with E-state index in [0.29, 0.717) is 16.0 Å². The van der Waals surface area contributed by atoms with Crippen molar-refractivity contribution in [3.05, 3.63) is 70.0 Å². The molecule has 0 saturated heterocycles. The zero-order valence-electron chi connectivity index (χ0n) is 15.4. The molecule has 0 bridgehead atoms. The zero-order chi connectivity index (χ0) is 21.5. The summed E-state index contributed by atoms with van der Waals surface area (Å²) < 4.78 is 41.7. The molecule has 0 radical (unpaired) electrons. The van der Waals surface area contributed by atoms with Crippen molar-refractivity contribution in [1.29, 1.82) is 0 Å². The Labute approximate surface area is 166 Å². The molecule has 3 aromatic heterocycles. The highest BCUT2D eigenvalue weighted by Gasteiger charge is 2.41. The van der Waals surface area contributed by atoms with Gasteiger partial charge in [0.1, 0.15) is 5.82 Å². The summed E-state index contributed by atoms with van der Waals surface area (Å²) in [7, 11) is 1.37. The number of aromatic amines is 2. The number of fused-ring (bicyclic) bond motifs is 1. The van der Waals surface area contributed by atoms with Crippen molar-refractivity contribution in [2.24, 2.45) is 0 Å². The molecule has 9 nitrogen and oxygen atoms in total. The normalized spacial score (nSPS) is 11.7. The van der Waals surface area contributed by atoms with Gasteiger partial charge in [-0.3, -0.25) is 9.59 Å². The Balaban J connectivity index is 1.67. The second kappa shape index (κ2) is 7.13. The number of hydrogen-bond donors (Lipinski definition) is 2. The molecule has 0 atom stereocenters. The van der Waals surface area contributed by atoms with Gasteiger partial charge in [-0.25, -0.2) is 14.8 Å². The summed E-state index contributed by atoms with van der Waals surface area (Å²) in [6.07, 6.45) is -4.06. The first-order chi connectivity index (χ1) is 14.2. The number of carbonyl (C=O) groups is 1. The average Bonchev–Trinajstić information content (AvgIpc) is 3.31. The van der Waals surface area contributed by atoms with E-state index in [1.165, 1.54) is 7.05 Å². The third kappa shape index (κ3) is 3.54. The number of halogens is 3. The molecule has 0 aliphatic heterocycles. The first-order valence-corrected chi connectivity index (χ1v) is 8.64. The van der Waals surface area contributed by atoms with E-state index in [1.54, 1.807) is 18.2 Å². The van der Waals surface area contributed by atoms with E-state index in [1.807, 2.05) is 11.2 Å². The lowest BCUT2D eigenvalue weighted by Gasteiger charge is -2.17. The maximum absolute atomic E-state index is 13.7. The van der Waals surface area contributed by atoms with Crippen LogP contribution in [0, 0.1) is 0 Å². The molecule has 4 rings (SSSR count). The largest absolute Gasteiger partial charge is 0.434 e. The molecule has 1 aromatic carbocycles. The van der Waals surface area contributed by atoms with Crippen molar-refractivity contribution in [2.75, 3.05) is 7.05 Å². The number of amides is 1. The Hall–Kier alpha value is -3.96. The van der Waals surface area contributed by atoms with E-state index in [2.05, 4.69) is 20.2 Å². The third-order valence-electron chi connectivity index (χ3n) is 4.32. The van der Waals surface area contributed by atoms with Crippen LogP contribution >= 0.6 is 0 Å². The Kier molecular flexibility index (Phi) is 4.60. The summed E-state index contributed by atoms with van der Waals surface area (Å²) >= 11 is 0. The Bertz CT molecular complexity index is 1240. The van der Waals surface area contributed by atoms with E-state index in [0.717, 1.165) is 28.7 Å². The summed E-state index contributed by atoms with van der Waals surface area (Å²) in [5.74, 6) is -0.741. The first kappa shape index (κ1) is 19.4. The summed E-state index contributed by atoms with van der Waals surface area (Å²) in [6, 6.07) is 9.29. The van der Waals surface area contributed by atoms with Gasteiger partial charge in [-0.2, -0.15) is 23.4 Å². The number of carbonyl (C=O) groups excluding carboxylic acids is 1. The molecule has 2 N–H and O–H groups in total. The lowest BCUT2D eigenvalue weighted by Crippen LogP contribution is -2.29. The number of hydrogen-bond acceptors (Lipinski definition) is 5. The minimum atomic E-state index is -4.89. The monoisotopic (exact) mass is 417 g/mol. The third-order valence-corrected chi connectivity index (χ3v) is 4.32. The highest BCUT2D eigenvalue weighted by molar-refractivity contribution is 5.95. The van der Waals surface area contributed by atoms with Gasteiger partial charge in [-0.1, -0.05) is 12.1 Å². The molecule has 154 valence electrons. The van der Waals surface area contributed by atoms with Gasteiger partial charge in [-0.05, 0) is 18.2 Å². The minimum absolute atomic E-state index is 0.0348. The van der Waals surface area contributed by atoms with Gasteiger partial charge in [0, 0.05) is 13.1 Å². The number of nitrogens with one attached hydrogen (secondary N) is 2. The number of rotatable bonds is 4. The maximum atomic E-state index is 13.7. The van der Waals surface area contributed by atoms with E-state index < -0.39 is 28.9 Å². The molecule has 4 aromatic rings. The van der Waals surface area contributed by atoms with Gasteiger partial charge in [0.2, 0.25) is 0 Å². The van der Waals surface area contributed by atoms with Crippen LogP contribution in [0.25, 0.3) is 16.9 Å². The fourth-order valence-corrected chi connectivity index (χ4v) is 2.99. The lowest BCUT2D eigenvalue weighted by molar-refractivity contribution is -0.143. The minimum Gasteiger partial charge on any atom is -0.340 e. The molecule has 0 spiro atoms. The Morgan fingerprint density at radius 1 is 1.20 bits per heavy atom. The topological polar surface area (TPSA) is 113 Å². The van der Waals surface area contributed by atoms with Gasteiger partial charge in [0.05, 0.1) is 29.3 Å². The molecular formula is C18H14F3N7O2. The number of alkyl halides is 3. The highest BCUT2D eigenvalue weighted by atomic mass is 19.4. The van der Waals surface area contributed by atoms with Gasteiger partial charge in [0.15, 0.2) is 11.5 Å². The van der Waals surface area contributed by atoms with Crippen molar-refractivity contribution in [3.63, 3.8) is 0 Å². The second-order valence-electron chi connectivity index (χ2n) is 6.46. The molecule has 3 heterocycles. The number of benzene rings is 1. The summed E-state index contributed by atoms with van der Waals surface area (Å²) in [5.41, 5.74) is -1.08. The van der Waals surface area contributed by atoms with Crippen LogP contribution in [0.15, 0.2) is 47.4 Å². The number of aromatic nitrogens is 6. The fourth-order valence-electron chi connectivity index (χ4n) is 2.99. The molecule has 0 aliphatic rings. The summed E-state index contributed by atoms with van der Waals surface area (Å²) in [5, 5.41) is 9.27. The van der Waals surface area contributed by atoms with Crippen LogP contribution in [0.2, 0.25) is 0 Å². The average molecular weight is 417 g/mol. The highest BCUT2D eigenvalue weighted by Crippen LogP contribution is 2.33. The quantitative estimate of drug-likeness (QED) is 0.528. The Morgan fingerprint density at radius 2 is 1.97 bits per heavy atom. The van der Waals surface area contributed by atoms with Gasteiger partial charge < -0.3 is 9.88 Å². The van der Waals surface area contributed by atoms with Crippen molar-refractivity contribution < 1.29 is 18.0 Å². The van der Waals surface area contributed by atoms with Crippen LogP contribution in [-0.4, -0.2) is 47.8 Å². The maximum Gasteiger partial charge on any atom is 0.434 e. The summed E-state index contributed by atoms with van der Waals surface area (Å²) in [4.78, 5) is 32.4. The second-order valence-corrected chi connectivity index (χ2v) is 6.46. The van der Waals surface area contributed by atoms with Crippen molar-refractivity contribution in [2.45, 2.75) is 12.7 Å². The van der Waals surface area contributed by atoms with E-state index in [-0.39, 0.29) is 12.4 Å². The molecule has 0 fully saturated rings. The van der Waals surface area contributed by atoms with E-state index in [9.17, 15) is 22.8 Å². The fraction of sp³-hybridized carbons (Fsp3) is 0.167. The van der Waals surface area contributed by atoms with Gasteiger partial charge >= 0.3 is 6.18 Å². The standard InChI is InChI=1S/C18H14F3N7O2/c1-27(9-13-23-11-4-2-3-5-12(11)24-13)17(30)10-8-22-28(16(10)18(19,20)21)14-6-7-15(29)26-25-14/h2-8H,9H2,1H3,(H,23,24)(H,26,29). The zero-order valence-corrected chi connectivity index (χ0v) is 15.4. The van der Waals surface area contributed by atoms with E-state index >= 15 is 0 Å². The number of para-hydroxylation sites is 2. The van der Waals surface area contributed by atoms with Crippen molar-refractivity contribution in [3.8, 4) is 5.82 Å².